The Morgan fingerprint density at radius 3 is 2.82 bits per heavy atom. The molecular formula is C11H16N2O3S. The molecule has 1 heterocycles. The Balaban J connectivity index is 2.41. The number of amides is 2. The number of carbonyl (C=O) groups excluding carboxylic acids is 2. The molecule has 0 saturated carbocycles. The van der Waals surface area contributed by atoms with Gasteiger partial charge >= 0.3 is 0 Å². The van der Waals surface area contributed by atoms with Crippen LogP contribution in [0.2, 0.25) is 0 Å². The Labute approximate surface area is 104 Å². The van der Waals surface area contributed by atoms with Gasteiger partial charge in [-0.3, -0.25) is 9.59 Å². The summed E-state index contributed by atoms with van der Waals surface area (Å²) >= 11 is 1.26. The Morgan fingerprint density at radius 2 is 2.18 bits per heavy atom. The fraction of sp³-hybridized carbons (Fsp3) is 0.455. The van der Waals surface area contributed by atoms with Gasteiger partial charge < -0.3 is 15.4 Å². The highest BCUT2D eigenvalue weighted by molar-refractivity contribution is 7.18. The number of hydrogen-bond donors (Lipinski definition) is 2. The molecule has 2 N–H and O–H groups in total. The molecule has 6 heteroatoms. The third-order valence-electron chi connectivity index (χ3n) is 1.94. The van der Waals surface area contributed by atoms with E-state index in [1.54, 1.807) is 19.2 Å². The molecule has 1 aromatic heterocycles. The molecule has 1 rings (SSSR count). The first kappa shape index (κ1) is 13.7. The lowest BCUT2D eigenvalue weighted by atomic mass is 10.4. The van der Waals surface area contributed by atoms with Crippen molar-refractivity contribution < 1.29 is 14.3 Å². The molecule has 0 spiro atoms. The van der Waals surface area contributed by atoms with Gasteiger partial charge in [0.1, 0.15) is 0 Å². The molecule has 0 aromatic carbocycles. The summed E-state index contributed by atoms with van der Waals surface area (Å²) in [5, 5.41) is 6.10. The molecule has 0 unspecified atom stereocenters. The first-order valence-corrected chi connectivity index (χ1v) is 6.09. The van der Waals surface area contributed by atoms with E-state index >= 15 is 0 Å². The fourth-order valence-corrected chi connectivity index (χ4v) is 2.07. The first-order valence-electron chi connectivity index (χ1n) is 5.28. The smallest absolute Gasteiger partial charge is 0.261 e. The molecule has 0 aliphatic rings. The van der Waals surface area contributed by atoms with Gasteiger partial charge in [-0.15, -0.1) is 11.3 Å². The predicted octanol–water partition coefficient (Wildman–Crippen LogP) is 1.47. The molecule has 94 valence electrons. The second kappa shape index (κ2) is 7.03. The maximum atomic E-state index is 11.7. The lowest BCUT2D eigenvalue weighted by Gasteiger charge is -2.02. The summed E-state index contributed by atoms with van der Waals surface area (Å²) in [6, 6.07) is 3.41. The van der Waals surface area contributed by atoms with E-state index in [1.807, 2.05) is 0 Å². The highest BCUT2D eigenvalue weighted by atomic mass is 32.1. The van der Waals surface area contributed by atoms with Crippen molar-refractivity contribution in [3.63, 3.8) is 0 Å². The van der Waals surface area contributed by atoms with Crippen LogP contribution in [0.3, 0.4) is 0 Å². The van der Waals surface area contributed by atoms with Crippen LogP contribution in [0.25, 0.3) is 0 Å². The number of methoxy groups -OCH3 is 1. The molecule has 0 aliphatic heterocycles. The van der Waals surface area contributed by atoms with Gasteiger partial charge in [0, 0.05) is 27.2 Å². The van der Waals surface area contributed by atoms with Crippen molar-refractivity contribution in [1.82, 2.24) is 5.32 Å². The van der Waals surface area contributed by atoms with Crippen LogP contribution in [-0.4, -0.2) is 32.1 Å². The lowest BCUT2D eigenvalue weighted by molar-refractivity contribution is -0.114. The van der Waals surface area contributed by atoms with Crippen LogP contribution in [0.1, 0.15) is 23.0 Å². The summed E-state index contributed by atoms with van der Waals surface area (Å²) < 4.78 is 4.88. The van der Waals surface area contributed by atoms with Gasteiger partial charge in [0.05, 0.1) is 9.88 Å². The number of carbonyl (C=O) groups is 2. The summed E-state index contributed by atoms with van der Waals surface area (Å²) in [5.41, 5.74) is 0. The maximum absolute atomic E-state index is 11.7. The molecule has 17 heavy (non-hydrogen) atoms. The third kappa shape index (κ3) is 4.97. The quantitative estimate of drug-likeness (QED) is 0.757. The van der Waals surface area contributed by atoms with Crippen LogP contribution in [-0.2, 0) is 9.53 Å². The molecule has 0 saturated heterocycles. The molecule has 0 radical (unpaired) electrons. The van der Waals surface area contributed by atoms with Gasteiger partial charge in [0.15, 0.2) is 0 Å². The summed E-state index contributed by atoms with van der Waals surface area (Å²) in [6.07, 6.45) is 0.784. The Morgan fingerprint density at radius 1 is 1.41 bits per heavy atom. The van der Waals surface area contributed by atoms with Gasteiger partial charge in [-0.2, -0.15) is 0 Å². The second-order valence-electron chi connectivity index (χ2n) is 3.45. The normalized spacial score (nSPS) is 10.0. The highest BCUT2D eigenvalue weighted by Crippen LogP contribution is 2.21. The van der Waals surface area contributed by atoms with Gasteiger partial charge in [-0.25, -0.2) is 0 Å². The average Bonchev–Trinajstić information content (AvgIpc) is 2.71. The number of hydrogen-bond acceptors (Lipinski definition) is 4. The summed E-state index contributed by atoms with van der Waals surface area (Å²) in [4.78, 5) is 23.1. The monoisotopic (exact) mass is 256 g/mol. The number of ether oxygens (including phenoxy) is 1. The van der Waals surface area contributed by atoms with Crippen molar-refractivity contribution >= 4 is 28.2 Å². The fourth-order valence-electron chi connectivity index (χ4n) is 1.21. The molecule has 0 fully saturated rings. The molecule has 0 atom stereocenters. The van der Waals surface area contributed by atoms with Crippen LogP contribution in [0.5, 0.6) is 0 Å². The zero-order valence-corrected chi connectivity index (χ0v) is 10.7. The minimum Gasteiger partial charge on any atom is -0.385 e. The van der Waals surface area contributed by atoms with Gasteiger partial charge in [-0.1, -0.05) is 0 Å². The minimum atomic E-state index is -0.140. The van der Waals surface area contributed by atoms with Crippen LogP contribution in [0, 0.1) is 0 Å². The molecule has 5 nitrogen and oxygen atoms in total. The van der Waals surface area contributed by atoms with Crippen LogP contribution in [0.4, 0.5) is 5.00 Å². The van der Waals surface area contributed by atoms with Crippen molar-refractivity contribution in [2.24, 2.45) is 0 Å². The minimum absolute atomic E-state index is 0.122. The SMILES string of the molecule is COCCCNC(=O)c1ccc(NC(C)=O)s1. The highest BCUT2D eigenvalue weighted by Gasteiger charge is 2.08. The Hall–Kier alpha value is -1.40. The summed E-state index contributed by atoms with van der Waals surface area (Å²) in [7, 11) is 1.63. The van der Waals surface area contributed by atoms with Crippen molar-refractivity contribution in [3.05, 3.63) is 17.0 Å². The number of anilines is 1. The van der Waals surface area contributed by atoms with E-state index in [1.165, 1.54) is 18.3 Å². The molecule has 1 aromatic rings. The topological polar surface area (TPSA) is 67.4 Å². The first-order chi connectivity index (χ1) is 8.13. The standard InChI is InChI=1S/C11H16N2O3S/c1-8(14)13-10-5-4-9(17-10)11(15)12-6-3-7-16-2/h4-5H,3,6-7H2,1-2H3,(H,12,15)(H,13,14). The number of thiophene rings is 1. The van der Waals surface area contributed by atoms with Gasteiger partial charge in [0.2, 0.25) is 5.91 Å². The van der Waals surface area contributed by atoms with Crippen LogP contribution in [0.15, 0.2) is 12.1 Å². The Kier molecular flexibility index (Phi) is 5.65. The zero-order valence-electron chi connectivity index (χ0n) is 9.91. The largest absolute Gasteiger partial charge is 0.385 e. The van der Waals surface area contributed by atoms with Crippen molar-refractivity contribution in [1.29, 1.82) is 0 Å². The van der Waals surface area contributed by atoms with E-state index in [2.05, 4.69) is 10.6 Å². The van der Waals surface area contributed by atoms with E-state index in [0.29, 0.717) is 23.0 Å². The van der Waals surface area contributed by atoms with E-state index in [4.69, 9.17) is 4.74 Å². The summed E-state index contributed by atoms with van der Waals surface area (Å²) in [5.74, 6) is -0.262. The maximum Gasteiger partial charge on any atom is 0.261 e. The van der Waals surface area contributed by atoms with Crippen molar-refractivity contribution in [3.8, 4) is 0 Å². The molecular weight excluding hydrogens is 240 g/mol. The summed E-state index contributed by atoms with van der Waals surface area (Å²) in [6.45, 7) is 2.64. The lowest BCUT2D eigenvalue weighted by Crippen LogP contribution is -2.24. The predicted molar refractivity (Wildman–Crippen MR) is 67.4 cm³/mol. The average molecular weight is 256 g/mol. The van der Waals surface area contributed by atoms with Crippen LogP contribution < -0.4 is 10.6 Å². The van der Waals surface area contributed by atoms with E-state index in [9.17, 15) is 9.59 Å². The van der Waals surface area contributed by atoms with E-state index < -0.39 is 0 Å². The number of nitrogens with one attached hydrogen (secondary N) is 2. The third-order valence-corrected chi connectivity index (χ3v) is 2.94. The zero-order chi connectivity index (χ0) is 12.7. The Bertz CT molecular complexity index is 390. The van der Waals surface area contributed by atoms with E-state index in [0.717, 1.165) is 6.42 Å². The van der Waals surface area contributed by atoms with Crippen molar-refractivity contribution in [2.45, 2.75) is 13.3 Å². The molecule has 0 bridgehead atoms. The second-order valence-corrected chi connectivity index (χ2v) is 4.53. The molecule has 0 aliphatic carbocycles. The van der Waals surface area contributed by atoms with Crippen LogP contribution >= 0.6 is 11.3 Å². The number of rotatable bonds is 6. The van der Waals surface area contributed by atoms with Gasteiger partial charge in [0.25, 0.3) is 5.91 Å². The molecule has 2 amide bonds. The van der Waals surface area contributed by atoms with Gasteiger partial charge in [-0.05, 0) is 18.6 Å². The van der Waals surface area contributed by atoms with Crippen molar-refractivity contribution in [2.75, 3.05) is 25.6 Å². The van der Waals surface area contributed by atoms with E-state index in [-0.39, 0.29) is 11.8 Å².